The van der Waals surface area contributed by atoms with Gasteiger partial charge in [-0.25, -0.2) is 9.78 Å². The Bertz CT molecular complexity index is 1840. The predicted octanol–water partition coefficient (Wildman–Crippen LogP) is 5.29. The molecule has 5 rings (SSSR count). The van der Waals surface area contributed by atoms with Gasteiger partial charge in [0.25, 0.3) is 5.56 Å². The molecule has 0 bridgehead atoms. The van der Waals surface area contributed by atoms with E-state index < -0.39 is 5.97 Å². The topological polar surface area (TPSA) is 127 Å². The number of nitriles is 1. The second kappa shape index (κ2) is 10.1. The van der Waals surface area contributed by atoms with Gasteiger partial charge < -0.3 is 14.6 Å². The zero-order valence-electron chi connectivity index (χ0n) is 20.2. The van der Waals surface area contributed by atoms with Crippen molar-refractivity contribution in [1.82, 2.24) is 14.5 Å². The third kappa shape index (κ3) is 4.32. The monoisotopic (exact) mass is 546 g/mol. The number of rotatable bonds is 7. The lowest BCUT2D eigenvalue weighted by atomic mass is 10.0. The number of halogens is 1. The number of ether oxygens (including phenoxy) is 2. The normalized spacial score (nSPS) is 11.0. The molecule has 38 heavy (non-hydrogen) atoms. The van der Waals surface area contributed by atoms with Gasteiger partial charge in [-0.15, -0.1) is 11.3 Å². The largest absolute Gasteiger partial charge is 0.494 e. The van der Waals surface area contributed by atoms with E-state index in [9.17, 15) is 20.0 Å². The maximum Gasteiger partial charge on any atom is 0.338 e. The highest BCUT2D eigenvalue weighted by Gasteiger charge is 2.19. The number of carbonyl (C=O) groups is 1. The van der Waals surface area contributed by atoms with Crippen molar-refractivity contribution in [3.05, 3.63) is 80.3 Å². The number of methoxy groups -OCH3 is 1. The molecule has 0 aliphatic carbocycles. The number of hydrogen-bond acceptors (Lipinski definition) is 8. The molecule has 0 saturated carbocycles. The van der Waals surface area contributed by atoms with Gasteiger partial charge in [0.1, 0.15) is 35.5 Å². The van der Waals surface area contributed by atoms with E-state index >= 15 is 0 Å². The van der Waals surface area contributed by atoms with E-state index in [-0.39, 0.29) is 35.2 Å². The van der Waals surface area contributed by atoms with E-state index in [4.69, 9.17) is 21.1 Å². The third-order valence-corrected chi connectivity index (χ3v) is 7.33. The van der Waals surface area contributed by atoms with Gasteiger partial charge in [-0.2, -0.15) is 5.26 Å². The van der Waals surface area contributed by atoms with Crippen LogP contribution in [0.4, 0.5) is 0 Å². The first-order valence-corrected chi connectivity index (χ1v) is 12.6. The van der Waals surface area contributed by atoms with Crippen LogP contribution in [0.25, 0.3) is 32.2 Å². The van der Waals surface area contributed by atoms with Crippen LogP contribution < -0.4 is 15.0 Å². The van der Waals surface area contributed by atoms with Gasteiger partial charge in [-0.1, -0.05) is 11.6 Å². The van der Waals surface area contributed by atoms with Crippen LogP contribution in [0.15, 0.2) is 52.8 Å². The number of pyridine rings is 1. The van der Waals surface area contributed by atoms with Gasteiger partial charge in [0.2, 0.25) is 0 Å². The van der Waals surface area contributed by atoms with E-state index in [0.717, 1.165) is 5.56 Å². The number of thiophene rings is 1. The standard InChI is InChI=1S/C27H19ClN4O5S/c1-14-31-24-21(36-2)5-3-15(12-29)22(24)26(33)32(14)9-10-37-20-6-4-16(28)11-18(20)17-7-8-30-23-19(27(34)35)13-38-25(17)23/h3-8,11,13H,9-10H2,1-2H3,(H,34,35). The molecule has 0 radical (unpaired) electrons. The van der Waals surface area contributed by atoms with Gasteiger partial charge in [0.05, 0.1) is 40.4 Å². The Hall–Kier alpha value is -4.46. The summed E-state index contributed by atoms with van der Waals surface area (Å²) in [4.78, 5) is 33.7. The molecule has 0 aliphatic rings. The molecule has 0 saturated heterocycles. The number of nitrogens with zero attached hydrogens (tertiary/aromatic N) is 4. The van der Waals surface area contributed by atoms with E-state index in [0.29, 0.717) is 43.6 Å². The number of aromatic carboxylic acids is 1. The number of carboxylic acid groups (broad SMARTS) is 1. The Morgan fingerprint density at radius 3 is 2.71 bits per heavy atom. The van der Waals surface area contributed by atoms with Gasteiger partial charge in [0, 0.05) is 27.7 Å². The highest BCUT2D eigenvalue weighted by atomic mass is 35.5. The average molecular weight is 547 g/mol. The molecule has 2 aromatic carbocycles. The van der Waals surface area contributed by atoms with Crippen LogP contribution in [0.1, 0.15) is 21.7 Å². The van der Waals surface area contributed by atoms with Crippen molar-refractivity contribution in [2.24, 2.45) is 0 Å². The molecule has 9 nitrogen and oxygen atoms in total. The van der Waals surface area contributed by atoms with Crippen LogP contribution in [0.3, 0.4) is 0 Å². The number of carboxylic acids is 1. The summed E-state index contributed by atoms with van der Waals surface area (Å²) in [5.74, 6) is 0.319. The third-order valence-electron chi connectivity index (χ3n) is 6.09. The summed E-state index contributed by atoms with van der Waals surface area (Å²) in [6.45, 7) is 2.00. The lowest BCUT2D eigenvalue weighted by Gasteiger charge is -2.16. The minimum absolute atomic E-state index is 0.119. The van der Waals surface area contributed by atoms with Crippen LogP contribution in [0.5, 0.6) is 11.5 Å². The molecule has 190 valence electrons. The van der Waals surface area contributed by atoms with Gasteiger partial charge in [-0.05, 0) is 43.3 Å². The second-order valence-electron chi connectivity index (χ2n) is 8.25. The molecule has 11 heteroatoms. The van der Waals surface area contributed by atoms with Crippen molar-refractivity contribution in [3.63, 3.8) is 0 Å². The fourth-order valence-corrected chi connectivity index (χ4v) is 5.51. The van der Waals surface area contributed by atoms with Crippen LogP contribution in [0, 0.1) is 18.3 Å². The summed E-state index contributed by atoms with van der Waals surface area (Å²) in [6.07, 6.45) is 1.55. The highest BCUT2D eigenvalue weighted by Crippen LogP contribution is 2.39. The van der Waals surface area contributed by atoms with E-state index in [1.165, 1.54) is 29.1 Å². The highest BCUT2D eigenvalue weighted by molar-refractivity contribution is 7.18. The summed E-state index contributed by atoms with van der Waals surface area (Å²) < 4.78 is 13.6. The quantitative estimate of drug-likeness (QED) is 0.291. The van der Waals surface area contributed by atoms with E-state index in [1.807, 2.05) is 0 Å². The zero-order valence-corrected chi connectivity index (χ0v) is 21.8. The number of benzene rings is 2. The summed E-state index contributed by atoms with van der Waals surface area (Å²) >= 11 is 7.58. The minimum atomic E-state index is -1.05. The first kappa shape index (κ1) is 25.2. The maximum absolute atomic E-state index is 13.4. The van der Waals surface area contributed by atoms with Gasteiger partial charge in [0.15, 0.2) is 0 Å². The van der Waals surface area contributed by atoms with Crippen molar-refractivity contribution >= 4 is 50.0 Å². The second-order valence-corrected chi connectivity index (χ2v) is 9.56. The fourth-order valence-electron chi connectivity index (χ4n) is 4.31. The van der Waals surface area contributed by atoms with Crippen molar-refractivity contribution in [3.8, 4) is 28.7 Å². The number of aryl methyl sites for hydroxylation is 1. The molecule has 0 aliphatic heterocycles. The van der Waals surface area contributed by atoms with E-state index in [2.05, 4.69) is 16.0 Å². The first-order valence-electron chi connectivity index (χ1n) is 11.3. The molecule has 0 amide bonds. The van der Waals surface area contributed by atoms with Crippen molar-refractivity contribution in [2.45, 2.75) is 13.5 Å². The minimum Gasteiger partial charge on any atom is -0.494 e. The van der Waals surface area contributed by atoms with E-state index in [1.54, 1.807) is 48.8 Å². The fraction of sp³-hybridized carbons (Fsp3) is 0.148. The lowest BCUT2D eigenvalue weighted by Crippen LogP contribution is -2.27. The summed E-state index contributed by atoms with van der Waals surface area (Å²) in [5.41, 5.74) is 2.11. The molecule has 0 spiro atoms. The van der Waals surface area contributed by atoms with Crippen LogP contribution >= 0.6 is 22.9 Å². The summed E-state index contributed by atoms with van der Waals surface area (Å²) in [6, 6.07) is 12.1. The van der Waals surface area contributed by atoms with Crippen molar-refractivity contribution < 1.29 is 19.4 Å². The van der Waals surface area contributed by atoms with Crippen molar-refractivity contribution in [2.75, 3.05) is 13.7 Å². The van der Waals surface area contributed by atoms with Crippen LogP contribution in [-0.4, -0.2) is 39.3 Å². The summed E-state index contributed by atoms with van der Waals surface area (Å²) in [5, 5.41) is 21.3. The first-order chi connectivity index (χ1) is 18.3. The molecule has 5 aromatic rings. The summed E-state index contributed by atoms with van der Waals surface area (Å²) in [7, 11) is 1.48. The molecule has 0 atom stereocenters. The Balaban J connectivity index is 1.50. The lowest BCUT2D eigenvalue weighted by molar-refractivity contribution is 0.0699. The maximum atomic E-state index is 13.4. The smallest absolute Gasteiger partial charge is 0.338 e. The van der Waals surface area contributed by atoms with Gasteiger partial charge in [-0.3, -0.25) is 14.3 Å². The van der Waals surface area contributed by atoms with Crippen LogP contribution in [-0.2, 0) is 6.54 Å². The molecule has 0 unspecified atom stereocenters. The Morgan fingerprint density at radius 1 is 1.18 bits per heavy atom. The van der Waals surface area contributed by atoms with Crippen LogP contribution in [0.2, 0.25) is 5.02 Å². The molecular weight excluding hydrogens is 528 g/mol. The Labute approximate surface area is 225 Å². The average Bonchev–Trinajstić information content (AvgIpc) is 3.35. The number of aromatic nitrogens is 3. The molecule has 1 N–H and O–H groups in total. The molecule has 0 fully saturated rings. The Kier molecular flexibility index (Phi) is 6.72. The van der Waals surface area contributed by atoms with Crippen molar-refractivity contribution in [1.29, 1.82) is 5.26 Å². The Morgan fingerprint density at radius 2 is 1.97 bits per heavy atom. The molecular formula is C27H19ClN4O5S. The molecule has 3 heterocycles. The predicted molar refractivity (Wildman–Crippen MR) is 145 cm³/mol. The number of fused-ring (bicyclic) bond motifs is 2. The zero-order chi connectivity index (χ0) is 27.0. The van der Waals surface area contributed by atoms with Gasteiger partial charge >= 0.3 is 5.97 Å². The molecule has 3 aromatic heterocycles. The number of hydrogen-bond donors (Lipinski definition) is 1. The SMILES string of the molecule is COc1ccc(C#N)c2c(=O)n(CCOc3ccc(Cl)cc3-c3ccnc4c(C(=O)O)csc34)c(C)nc12.